The Balaban J connectivity index is 1.67. The number of rotatable bonds is 6. The highest BCUT2D eigenvalue weighted by molar-refractivity contribution is 5.55. The van der Waals surface area contributed by atoms with E-state index in [0.717, 1.165) is 24.3 Å². The maximum Gasteiger partial charge on any atom is 0.229 e. The lowest BCUT2D eigenvalue weighted by Gasteiger charge is -2.34. The van der Waals surface area contributed by atoms with E-state index < -0.39 is 0 Å². The summed E-state index contributed by atoms with van der Waals surface area (Å²) in [4.78, 5) is 8.85. The highest BCUT2D eigenvalue weighted by Gasteiger charge is 2.25. The number of anilines is 3. The summed E-state index contributed by atoms with van der Waals surface area (Å²) in [5.74, 6) is 1.40. The van der Waals surface area contributed by atoms with Crippen molar-refractivity contribution in [2.24, 2.45) is 5.41 Å². The minimum atomic E-state index is 0.232. The predicted octanol–water partition coefficient (Wildman–Crippen LogP) is 4.66. The maximum atomic E-state index is 4.56. The molecule has 0 unspecified atom stereocenters. The Bertz CT molecular complexity index is 746. The summed E-state index contributed by atoms with van der Waals surface area (Å²) in [5.41, 5.74) is 3.72. The van der Waals surface area contributed by atoms with E-state index in [1.165, 1.54) is 11.4 Å². The lowest BCUT2D eigenvalue weighted by Crippen LogP contribution is -2.40. The number of benzene rings is 1. The molecule has 2 aromatic rings. The molecule has 5 heteroatoms. The standard InChI is InChI=1S/C20H27N5/c1-14(20(2,3)4)22-16-10-11-17(16)24-18-12-13-21-19(25-18)23-15-8-6-5-7-9-15/h5-9,12-14,22H,10-11H2,1-4H3,(H2,21,23,24,25)/t14-/m1/s1. The monoisotopic (exact) mass is 337 g/mol. The van der Waals surface area contributed by atoms with Gasteiger partial charge in [0, 0.05) is 29.3 Å². The minimum Gasteiger partial charge on any atom is -0.384 e. The molecule has 0 amide bonds. The average molecular weight is 337 g/mol. The molecular formula is C20H27N5. The first-order valence-electron chi connectivity index (χ1n) is 8.82. The van der Waals surface area contributed by atoms with E-state index in [0.29, 0.717) is 12.0 Å². The van der Waals surface area contributed by atoms with Crippen LogP contribution in [0.2, 0.25) is 0 Å². The fourth-order valence-electron chi connectivity index (χ4n) is 2.44. The average Bonchev–Trinajstić information content (AvgIpc) is 2.57. The fourth-order valence-corrected chi connectivity index (χ4v) is 2.44. The molecule has 3 rings (SSSR count). The molecule has 1 aromatic heterocycles. The molecule has 0 bridgehead atoms. The molecule has 1 aromatic carbocycles. The second kappa shape index (κ2) is 7.13. The molecule has 0 spiro atoms. The van der Waals surface area contributed by atoms with Crippen LogP contribution in [0.1, 0.15) is 40.5 Å². The third-order valence-corrected chi connectivity index (χ3v) is 4.64. The topological polar surface area (TPSA) is 61.9 Å². The van der Waals surface area contributed by atoms with Gasteiger partial charge in [0.25, 0.3) is 0 Å². The van der Waals surface area contributed by atoms with E-state index in [-0.39, 0.29) is 5.41 Å². The third kappa shape index (κ3) is 4.50. The van der Waals surface area contributed by atoms with Gasteiger partial charge < -0.3 is 16.0 Å². The highest BCUT2D eigenvalue weighted by atomic mass is 15.1. The van der Waals surface area contributed by atoms with Crippen molar-refractivity contribution >= 4 is 17.5 Å². The smallest absolute Gasteiger partial charge is 0.229 e. The first-order chi connectivity index (χ1) is 11.9. The second-order valence-corrected chi connectivity index (χ2v) is 7.57. The molecule has 1 atom stereocenters. The normalized spacial score (nSPS) is 15.4. The van der Waals surface area contributed by atoms with Crippen LogP contribution < -0.4 is 16.0 Å². The number of aromatic nitrogens is 2. The lowest BCUT2D eigenvalue weighted by molar-refractivity contribution is 0.296. The molecule has 3 N–H and O–H groups in total. The van der Waals surface area contributed by atoms with Crippen LogP contribution in [0.5, 0.6) is 0 Å². The van der Waals surface area contributed by atoms with Crippen LogP contribution in [0.15, 0.2) is 54.0 Å². The molecule has 0 aliphatic heterocycles. The SMILES string of the molecule is C[C@@H](NC1=C(Nc2ccnc(Nc3ccccc3)n2)CC1)C(C)(C)C. The third-order valence-electron chi connectivity index (χ3n) is 4.64. The number of nitrogens with zero attached hydrogens (tertiary/aromatic N) is 2. The molecular weight excluding hydrogens is 310 g/mol. The number of nitrogens with one attached hydrogen (secondary N) is 3. The van der Waals surface area contributed by atoms with Gasteiger partial charge >= 0.3 is 0 Å². The van der Waals surface area contributed by atoms with Crippen LogP contribution in [-0.2, 0) is 0 Å². The van der Waals surface area contributed by atoms with Crippen molar-refractivity contribution in [1.82, 2.24) is 15.3 Å². The Hall–Kier alpha value is -2.56. The predicted molar refractivity (Wildman–Crippen MR) is 104 cm³/mol. The van der Waals surface area contributed by atoms with Crippen LogP contribution in [0, 0.1) is 5.41 Å². The van der Waals surface area contributed by atoms with E-state index >= 15 is 0 Å². The van der Waals surface area contributed by atoms with E-state index in [9.17, 15) is 0 Å². The number of hydrogen-bond acceptors (Lipinski definition) is 5. The molecule has 1 aliphatic rings. The lowest BCUT2D eigenvalue weighted by atomic mass is 9.87. The molecule has 0 fully saturated rings. The Labute approximate surface area is 150 Å². The van der Waals surface area contributed by atoms with E-state index in [2.05, 4.69) is 53.6 Å². The highest BCUT2D eigenvalue weighted by Crippen LogP contribution is 2.29. The van der Waals surface area contributed by atoms with Crippen LogP contribution in [-0.4, -0.2) is 16.0 Å². The molecule has 132 valence electrons. The summed E-state index contributed by atoms with van der Waals surface area (Å²) in [6.07, 6.45) is 3.90. The first kappa shape index (κ1) is 17.3. The fraction of sp³-hybridized carbons (Fsp3) is 0.400. The van der Waals surface area contributed by atoms with Gasteiger partial charge in [0.05, 0.1) is 0 Å². The van der Waals surface area contributed by atoms with Gasteiger partial charge in [0.1, 0.15) is 5.82 Å². The number of allylic oxidation sites excluding steroid dienone is 2. The van der Waals surface area contributed by atoms with Gasteiger partial charge in [-0.25, -0.2) is 4.98 Å². The second-order valence-electron chi connectivity index (χ2n) is 7.57. The molecule has 0 radical (unpaired) electrons. The quantitative estimate of drug-likeness (QED) is 0.715. The maximum absolute atomic E-state index is 4.56. The van der Waals surface area contributed by atoms with Crippen molar-refractivity contribution in [3.8, 4) is 0 Å². The molecule has 0 saturated carbocycles. The van der Waals surface area contributed by atoms with E-state index in [4.69, 9.17) is 0 Å². The summed E-state index contributed by atoms with van der Waals surface area (Å²) in [7, 11) is 0. The molecule has 1 heterocycles. The Morgan fingerprint density at radius 2 is 1.68 bits per heavy atom. The number of para-hydroxylation sites is 1. The number of hydrogen-bond donors (Lipinski definition) is 3. The van der Waals surface area contributed by atoms with E-state index in [1.54, 1.807) is 6.20 Å². The summed E-state index contributed by atoms with van der Waals surface area (Å²) < 4.78 is 0. The largest absolute Gasteiger partial charge is 0.384 e. The Morgan fingerprint density at radius 3 is 2.32 bits per heavy atom. The van der Waals surface area contributed by atoms with Crippen molar-refractivity contribution in [2.75, 3.05) is 10.6 Å². The summed E-state index contributed by atoms with van der Waals surface area (Å²) >= 11 is 0. The minimum absolute atomic E-state index is 0.232. The van der Waals surface area contributed by atoms with Gasteiger partial charge in [-0.05, 0) is 43.4 Å². The van der Waals surface area contributed by atoms with Crippen molar-refractivity contribution in [2.45, 2.75) is 46.6 Å². The van der Waals surface area contributed by atoms with Gasteiger partial charge in [0.2, 0.25) is 5.95 Å². The van der Waals surface area contributed by atoms with Gasteiger partial charge in [-0.3, -0.25) is 0 Å². The Morgan fingerprint density at radius 1 is 0.960 bits per heavy atom. The Kier molecular flexibility index (Phi) is 4.93. The van der Waals surface area contributed by atoms with Crippen molar-refractivity contribution in [3.63, 3.8) is 0 Å². The van der Waals surface area contributed by atoms with E-state index in [1.807, 2.05) is 36.4 Å². The van der Waals surface area contributed by atoms with Gasteiger partial charge in [-0.15, -0.1) is 0 Å². The molecule has 5 nitrogen and oxygen atoms in total. The van der Waals surface area contributed by atoms with Crippen molar-refractivity contribution in [3.05, 3.63) is 54.0 Å². The summed E-state index contributed by atoms with van der Waals surface area (Å²) in [5, 5.41) is 10.3. The summed E-state index contributed by atoms with van der Waals surface area (Å²) in [6.45, 7) is 8.99. The van der Waals surface area contributed by atoms with Gasteiger partial charge in [-0.1, -0.05) is 39.0 Å². The molecule has 25 heavy (non-hydrogen) atoms. The zero-order chi connectivity index (χ0) is 17.9. The van der Waals surface area contributed by atoms with Gasteiger partial charge in [0.15, 0.2) is 0 Å². The zero-order valence-electron chi connectivity index (χ0n) is 15.4. The van der Waals surface area contributed by atoms with Crippen molar-refractivity contribution < 1.29 is 0 Å². The van der Waals surface area contributed by atoms with Crippen LogP contribution in [0.25, 0.3) is 0 Å². The van der Waals surface area contributed by atoms with Gasteiger partial charge in [-0.2, -0.15) is 4.98 Å². The van der Waals surface area contributed by atoms with Crippen LogP contribution >= 0.6 is 0 Å². The molecule has 0 saturated heterocycles. The van der Waals surface area contributed by atoms with Crippen LogP contribution in [0.3, 0.4) is 0 Å². The summed E-state index contributed by atoms with van der Waals surface area (Å²) in [6, 6.07) is 12.3. The molecule has 1 aliphatic carbocycles. The van der Waals surface area contributed by atoms with Crippen LogP contribution in [0.4, 0.5) is 17.5 Å². The van der Waals surface area contributed by atoms with Crippen molar-refractivity contribution in [1.29, 1.82) is 0 Å². The zero-order valence-corrected chi connectivity index (χ0v) is 15.4. The first-order valence-corrected chi connectivity index (χ1v) is 8.82.